The van der Waals surface area contributed by atoms with Gasteiger partial charge in [0.25, 0.3) is 5.91 Å². The van der Waals surface area contributed by atoms with Crippen LogP contribution in [0, 0.1) is 9.39 Å². The van der Waals surface area contributed by atoms with E-state index in [1.807, 2.05) is 45.7 Å². The van der Waals surface area contributed by atoms with Crippen LogP contribution >= 0.6 is 22.6 Å². The van der Waals surface area contributed by atoms with E-state index in [4.69, 9.17) is 0 Å². The number of carbonyl (C=O) groups excluding carboxylic acids is 2. The van der Waals surface area contributed by atoms with Crippen molar-refractivity contribution in [3.8, 4) is 0 Å². The molecule has 3 rings (SSSR count). The zero-order valence-corrected chi connectivity index (χ0v) is 17.2. The van der Waals surface area contributed by atoms with E-state index in [9.17, 15) is 14.0 Å². The van der Waals surface area contributed by atoms with Gasteiger partial charge in [0.2, 0.25) is 5.91 Å². The Hall–Kier alpha value is -1.96. The minimum Gasteiger partial charge on any atom is -0.339 e. The third-order valence-electron chi connectivity index (χ3n) is 4.78. The largest absolute Gasteiger partial charge is 0.339 e. The van der Waals surface area contributed by atoms with Gasteiger partial charge in [0.15, 0.2) is 0 Å². The molecule has 0 N–H and O–H groups in total. The molecule has 1 fully saturated rings. The summed E-state index contributed by atoms with van der Waals surface area (Å²) in [5, 5.41) is 0. The van der Waals surface area contributed by atoms with Crippen molar-refractivity contribution in [3.05, 3.63) is 69.0 Å². The second-order valence-electron chi connectivity index (χ2n) is 6.64. The fraction of sp³-hybridized carbons (Fsp3) is 0.333. The number of carbonyl (C=O) groups is 2. The molecule has 0 unspecified atom stereocenters. The molecule has 1 saturated heterocycles. The fourth-order valence-electron chi connectivity index (χ4n) is 3.24. The number of amides is 2. The number of rotatable bonds is 5. The number of hydrogen-bond acceptors (Lipinski definition) is 2. The number of hydrogen-bond donors (Lipinski definition) is 0. The molecule has 6 heteroatoms. The van der Waals surface area contributed by atoms with Crippen LogP contribution in [0.1, 0.15) is 28.8 Å². The van der Waals surface area contributed by atoms with E-state index in [0.29, 0.717) is 41.7 Å². The van der Waals surface area contributed by atoms with Crippen LogP contribution in [-0.4, -0.2) is 47.8 Å². The maximum atomic E-state index is 13.2. The van der Waals surface area contributed by atoms with Crippen LogP contribution in [0.15, 0.2) is 48.5 Å². The fourth-order valence-corrected chi connectivity index (χ4v) is 3.95. The SMILES string of the molecule is O=C(CCCc1ccccc1)N1CCN(C(=O)c2ccc(F)cc2I)CC1. The predicted molar refractivity (Wildman–Crippen MR) is 111 cm³/mol. The lowest BCUT2D eigenvalue weighted by molar-refractivity contribution is -0.132. The average molecular weight is 480 g/mol. The maximum Gasteiger partial charge on any atom is 0.255 e. The molecule has 0 bridgehead atoms. The van der Waals surface area contributed by atoms with Crippen molar-refractivity contribution in [1.82, 2.24) is 9.80 Å². The van der Waals surface area contributed by atoms with E-state index >= 15 is 0 Å². The standard InChI is InChI=1S/C21H22FIN2O2/c22-17-9-10-18(19(23)15-17)21(27)25-13-11-24(12-14-25)20(26)8-4-7-16-5-2-1-3-6-16/h1-3,5-6,9-10,15H,4,7-8,11-14H2. The first-order valence-electron chi connectivity index (χ1n) is 9.10. The summed E-state index contributed by atoms with van der Waals surface area (Å²) in [6.07, 6.45) is 2.25. The zero-order chi connectivity index (χ0) is 19.2. The van der Waals surface area contributed by atoms with Gasteiger partial charge in [-0.1, -0.05) is 30.3 Å². The second kappa shape index (κ2) is 9.30. The molecule has 1 aliphatic rings. The molecule has 4 nitrogen and oxygen atoms in total. The summed E-state index contributed by atoms with van der Waals surface area (Å²) in [7, 11) is 0. The van der Waals surface area contributed by atoms with Crippen LogP contribution in [0.5, 0.6) is 0 Å². The number of benzene rings is 2. The van der Waals surface area contributed by atoms with E-state index in [2.05, 4.69) is 12.1 Å². The molecule has 0 radical (unpaired) electrons. The molecule has 0 aromatic heterocycles. The summed E-state index contributed by atoms with van der Waals surface area (Å²) in [6.45, 7) is 2.12. The highest BCUT2D eigenvalue weighted by atomic mass is 127. The van der Waals surface area contributed by atoms with Crippen molar-refractivity contribution in [2.45, 2.75) is 19.3 Å². The Morgan fingerprint density at radius 1 is 0.963 bits per heavy atom. The highest BCUT2D eigenvalue weighted by Gasteiger charge is 2.25. The highest BCUT2D eigenvalue weighted by Crippen LogP contribution is 2.17. The van der Waals surface area contributed by atoms with Gasteiger partial charge in [-0.15, -0.1) is 0 Å². The van der Waals surface area contributed by atoms with Crippen molar-refractivity contribution >= 4 is 34.4 Å². The second-order valence-corrected chi connectivity index (χ2v) is 7.80. The van der Waals surface area contributed by atoms with E-state index < -0.39 is 0 Å². The Morgan fingerprint density at radius 2 is 1.63 bits per heavy atom. The normalized spacial score (nSPS) is 14.3. The van der Waals surface area contributed by atoms with Crippen LogP contribution in [0.25, 0.3) is 0 Å². The van der Waals surface area contributed by atoms with Gasteiger partial charge in [-0.25, -0.2) is 4.39 Å². The van der Waals surface area contributed by atoms with Crippen molar-refractivity contribution in [3.63, 3.8) is 0 Å². The van der Waals surface area contributed by atoms with Gasteiger partial charge in [-0.05, 0) is 59.2 Å². The van der Waals surface area contributed by atoms with Gasteiger partial charge >= 0.3 is 0 Å². The molecule has 0 spiro atoms. The van der Waals surface area contributed by atoms with E-state index in [0.717, 1.165) is 12.8 Å². The summed E-state index contributed by atoms with van der Waals surface area (Å²) in [4.78, 5) is 28.6. The zero-order valence-electron chi connectivity index (χ0n) is 15.0. The number of nitrogens with zero attached hydrogens (tertiary/aromatic N) is 2. The molecular formula is C21H22FIN2O2. The Kier molecular flexibility index (Phi) is 6.82. The first-order valence-corrected chi connectivity index (χ1v) is 10.2. The third kappa shape index (κ3) is 5.28. The predicted octanol–water partition coefficient (Wildman–Crippen LogP) is 3.74. The highest BCUT2D eigenvalue weighted by molar-refractivity contribution is 14.1. The van der Waals surface area contributed by atoms with Crippen LogP contribution in [-0.2, 0) is 11.2 Å². The Labute approximate surface area is 172 Å². The average Bonchev–Trinajstić information content (AvgIpc) is 2.68. The molecular weight excluding hydrogens is 458 g/mol. The molecule has 2 aromatic carbocycles. The minimum absolute atomic E-state index is 0.101. The summed E-state index contributed by atoms with van der Waals surface area (Å²) in [6, 6.07) is 14.4. The van der Waals surface area contributed by atoms with Crippen LogP contribution in [0.2, 0.25) is 0 Å². The number of halogens is 2. The van der Waals surface area contributed by atoms with E-state index in [1.54, 1.807) is 4.90 Å². The monoisotopic (exact) mass is 480 g/mol. The molecule has 2 amide bonds. The summed E-state index contributed by atoms with van der Waals surface area (Å²) < 4.78 is 13.8. The van der Waals surface area contributed by atoms with Crippen LogP contribution < -0.4 is 0 Å². The van der Waals surface area contributed by atoms with E-state index in [1.165, 1.54) is 23.8 Å². The van der Waals surface area contributed by atoms with Gasteiger partial charge < -0.3 is 9.80 Å². The smallest absolute Gasteiger partial charge is 0.255 e. The summed E-state index contributed by atoms with van der Waals surface area (Å²) in [5.41, 5.74) is 1.76. The number of piperazine rings is 1. The topological polar surface area (TPSA) is 40.6 Å². The lowest BCUT2D eigenvalue weighted by atomic mass is 10.1. The molecule has 0 atom stereocenters. The molecule has 2 aromatic rings. The van der Waals surface area contributed by atoms with Crippen molar-refractivity contribution < 1.29 is 14.0 Å². The minimum atomic E-state index is -0.345. The maximum absolute atomic E-state index is 13.2. The molecule has 0 saturated carbocycles. The lowest BCUT2D eigenvalue weighted by Crippen LogP contribution is -2.50. The van der Waals surface area contributed by atoms with Crippen molar-refractivity contribution in [2.24, 2.45) is 0 Å². The van der Waals surface area contributed by atoms with E-state index in [-0.39, 0.29) is 17.6 Å². The van der Waals surface area contributed by atoms with Gasteiger partial charge in [0.1, 0.15) is 5.82 Å². The van der Waals surface area contributed by atoms with Crippen LogP contribution in [0.4, 0.5) is 4.39 Å². The Morgan fingerprint density at radius 3 is 2.30 bits per heavy atom. The van der Waals surface area contributed by atoms with Crippen molar-refractivity contribution in [2.75, 3.05) is 26.2 Å². The molecule has 1 heterocycles. The number of aryl methyl sites for hydroxylation is 1. The summed E-state index contributed by atoms with van der Waals surface area (Å²) >= 11 is 1.98. The first-order chi connectivity index (χ1) is 13.0. The van der Waals surface area contributed by atoms with Gasteiger partial charge in [0.05, 0.1) is 5.56 Å². The Balaban J connectivity index is 1.46. The van der Waals surface area contributed by atoms with Gasteiger partial charge in [-0.2, -0.15) is 0 Å². The third-order valence-corrected chi connectivity index (χ3v) is 5.67. The molecule has 142 valence electrons. The molecule has 1 aliphatic heterocycles. The van der Waals surface area contributed by atoms with Crippen molar-refractivity contribution in [1.29, 1.82) is 0 Å². The molecule has 0 aliphatic carbocycles. The lowest BCUT2D eigenvalue weighted by Gasteiger charge is -2.35. The molecule has 27 heavy (non-hydrogen) atoms. The van der Waals surface area contributed by atoms with Gasteiger partial charge in [-0.3, -0.25) is 9.59 Å². The quantitative estimate of drug-likeness (QED) is 0.613. The van der Waals surface area contributed by atoms with Crippen LogP contribution in [0.3, 0.4) is 0 Å². The van der Waals surface area contributed by atoms with Gasteiger partial charge in [0, 0.05) is 36.2 Å². The Bertz CT molecular complexity index is 805. The summed E-state index contributed by atoms with van der Waals surface area (Å²) in [5.74, 6) is -0.299. The first kappa shape index (κ1) is 19.8.